The summed E-state index contributed by atoms with van der Waals surface area (Å²) in [4.78, 5) is 4.82. The zero-order valence-corrected chi connectivity index (χ0v) is 18.3. The molecule has 0 aliphatic carbocycles. The van der Waals surface area contributed by atoms with Gasteiger partial charge < -0.3 is 9.30 Å². The van der Waals surface area contributed by atoms with Crippen LogP contribution < -0.4 is 4.74 Å². The molecule has 7 heteroatoms. The molecular formula is C22H22N4OS2. The highest BCUT2D eigenvalue weighted by molar-refractivity contribution is 7.98. The van der Waals surface area contributed by atoms with Crippen LogP contribution in [0.3, 0.4) is 0 Å². The highest BCUT2D eigenvalue weighted by atomic mass is 32.2. The van der Waals surface area contributed by atoms with Crippen LogP contribution in [0.15, 0.2) is 59.1 Å². The van der Waals surface area contributed by atoms with Crippen molar-refractivity contribution in [1.29, 1.82) is 0 Å². The van der Waals surface area contributed by atoms with E-state index in [9.17, 15) is 0 Å². The Balaban J connectivity index is 1.50. The van der Waals surface area contributed by atoms with Crippen molar-refractivity contribution in [3.63, 3.8) is 0 Å². The molecule has 0 amide bonds. The molecule has 0 atom stereocenters. The number of nitrogens with zero attached hydrogens (tertiary/aromatic N) is 4. The van der Waals surface area contributed by atoms with Gasteiger partial charge in [0, 0.05) is 28.8 Å². The molecule has 29 heavy (non-hydrogen) atoms. The molecule has 0 unspecified atom stereocenters. The van der Waals surface area contributed by atoms with Crippen LogP contribution in [-0.2, 0) is 12.3 Å². The highest BCUT2D eigenvalue weighted by Crippen LogP contribution is 2.30. The van der Waals surface area contributed by atoms with E-state index < -0.39 is 0 Å². The van der Waals surface area contributed by atoms with Gasteiger partial charge in [0.2, 0.25) is 0 Å². The first-order chi connectivity index (χ1) is 14.2. The molecular weight excluding hydrogens is 400 g/mol. The van der Waals surface area contributed by atoms with Crippen molar-refractivity contribution in [3.05, 3.63) is 65.2 Å². The van der Waals surface area contributed by atoms with Gasteiger partial charge >= 0.3 is 0 Å². The minimum atomic E-state index is 0.767. The SMILES string of the molecule is CCn1c(SCc2csc(-c3ccccc3C)n2)nnc1-c1ccc(OC)cc1. The minimum Gasteiger partial charge on any atom is -0.497 e. The first kappa shape index (κ1) is 19.7. The molecule has 0 fully saturated rings. The monoisotopic (exact) mass is 422 g/mol. The van der Waals surface area contributed by atoms with Crippen molar-refractivity contribution in [2.24, 2.45) is 0 Å². The number of aromatic nitrogens is 4. The lowest BCUT2D eigenvalue weighted by molar-refractivity contribution is 0.415. The zero-order valence-electron chi connectivity index (χ0n) is 16.6. The van der Waals surface area contributed by atoms with E-state index in [4.69, 9.17) is 9.72 Å². The summed E-state index contributed by atoms with van der Waals surface area (Å²) in [7, 11) is 1.67. The summed E-state index contributed by atoms with van der Waals surface area (Å²) in [5.74, 6) is 2.47. The molecule has 148 valence electrons. The number of aryl methyl sites for hydroxylation is 1. The Morgan fingerprint density at radius 3 is 2.59 bits per heavy atom. The molecule has 5 nitrogen and oxygen atoms in total. The van der Waals surface area contributed by atoms with Gasteiger partial charge in [0.05, 0.1) is 12.8 Å². The number of methoxy groups -OCH3 is 1. The molecule has 2 aromatic carbocycles. The number of hydrogen-bond acceptors (Lipinski definition) is 6. The van der Waals surface area contributed by atoms with E-state index in [1.54, 1.807) is 30.2 Å². The van der Waals surface area contributed by atoms with Crippen molar-refractivity contribution in [3.8, 4) is 27.7 Å². The van der Waals surface area contributed by atoms with Crippen molar-refractivity contribution < 1.29 is 4.74 Å². The van der Waals surface area contributed by atoms with Crippen LogP contribution in [0.4, 0.5) is 0 Å². The van der Waals surface area contributed by atoms with E-state index in [2.05, 4.69) is 58.3 Å². The van der Waals surface area contributed by atoms with Gasteiger partial charge in [0.25, 0.3) is 0 Å². The fourth-order valence-corrected chi connectivity index (χ4v) is 4.99. The van der Waals surface area contributed by atoms with Gasteiger partial charge in [-0.25, -0.2) is 4.98 Å². The number of rotatable bonds is 7. The third-order valence-electron chi connectivity index (χ3n) is 4.66. The quantitative estimate of drug-likeness (QED) is 0.358. The minimum absolute atomic E-state index is 0.767. The predicted octanol–water partition coefficient (Wildman–Crippen LogP) is 5.70. The fourth-order valence-electron chi connectivity index (χ4n) is 3.08. The Morgan fingerprint density at radius 2 is 1.86 bits per heavy atom. The summed E-state index contributed by atoms with van der Waals surface area (Å²) in [6.45, 7) is 5.04. The summed E-state index contributed by atoms with van der Waals surface area (Å²) >= 11 is 3.36. The lowest BCUT2D eigenvalue weighted by Crippen LogP contribution is -2.00. The molecule has 4 aromatic rings. The van der Waals surface area contributed by atoms with Crippen LogP contribution in [0.1, 0.15) is 18.2 Å². The summed E-state index contributed by atoms with van der Waals surface area (Å²) in [5, 5.41) is 12.9. The van der Waals surface area contributed by atoms with Crippen LogP contribution >= 0.6 is 23.1 Å². The average molecular weight is 423 g/mol. The molecule has 2 aromatic heterocycles. The average Bonchev–Trinajstić information content (AvgIpc) is 3.39. The Hall–Kier alpha value is -2.64. The fraction of sp³-hybridized carbons (Fsp3) is 0.227. The van der Waals surface area contributed by atoms with Gasteiger partial charge in [-0.3, -0.25) is 0 Å². The van der Waals surface area contributed by atoms with E-state index in [-0.39, 0.29) is 0 Å². The Kier molecular flexibility index (Phi) is 5.97. The smallest absolute Gasteiger partial charge is 0.191 e. The van der Waals surface area contributed by atoms with E-state index in [1.165, 1.54) is 11.1 Å². The first-order valence-electron chi connectivity index (χ1n) is 9.40. The Bertz CT molecular complexity index is 1100. The molecule has 2 heterocycles. The van der Waals surface area contributed by atoms with E-state index in [0.717, 1.165) is 45.3 Å². The molecule has 4 rings (SSSR count). The lowest BCUT2D eigenvalue weighted by atomic mass is 10.1. The molecule has 0 spiro atoms. The normalized spacial score (nSPS) is 11.0. The summed E-state index contributed by atoms with van der Waals surface area (Å²) < 4.78 is 7.38. The Morgan fingerprint density at radius 1 is 1.07 bits per heavy atom. The second kappa shape index (κ2) is 8.80. The topological polar surface area (TPSA) is 52.8 Å². The van der Waals surface area contributed by atoms with Gasteiger partial charge in [0.1, 0.15) is 10.8 Å². The van der Waals surface area contributed by atoms with E-state index in [1.807, 2.05) is 24.3 Å². The van der Waals surface area contributed by atoms with Crippen LogP contribution in [0.5, 0.6) is 5.75 Å². The highest BCUT2D eigenvalue weighted by Gasteiger charge is 2.14. The van der Waals surface area contributed by atoms with Gasteiger partial charge in [-0.15, -0.1) is 21.5 Å². The predicted molar refractivity (Wildman–Crippen MR) is 120 cm³/mol. The maximum atomic E-state index is 5.24. The number of hydrogen-bond donors (Lipinski definition) is 0. The lowest BCUT2D eigenvalue weighted by Gasteiger charge is -2.07. The zero-order chi connectivity index (χ0) is 20.2. The number of thiazole rings is 1. The van der Waals surface area contributed by atoms with Crippen molar-refractivity contribution >= 4 is 23.1 Å². The van der Waals surface area contributed by atoms with Crippen molar-refractivity contribution in [1.82, 2.24) is 19.7 Å². The first-order valence-corrected chi connectivity index (χ1v) is 11.3. The van der Waals surface area contributed by atoms with E-state index in [0.29, 0.717) is 0 Å². The second-order valence-electron chi connectivity index (χ2n) is 6.53. The van der Waals surface area contributed by atoms with Gasteiger partial charge in [-0.05, 0) is 43.7 Å². The molecule has 0 saturated heterocycles. The number of ether oxygens (including phenoxy) is 1. The van der Waals surface area contributed by atoms with Crippen LogP contribution in [-0.4, -0.2) is 26.9 Å². The molecule has 0 N–H and O–H groups in total. The summed E-state index contributed by atoms with van der Waals surface area (Å²) in [6, 6.07) is 16.3. The largest absolute Gasteiger partial charge is 0.497 e. The number of thioether (sulfide) groups is 1. The van der Waals surface area contributed by atoms with Crippen molar-refractivity contribution in [2.45, 2.75) is 31.3 Å². The summed E-state index contributed by atoms with van der Waals surface area (Å²) in [5.41, 5.74) is 4.54. The molecule has 0 saturated carbocycles. The number of benzene rings is 2. The second-order valence-corrected chi connectivity index (χ2v) is 8.33. The van der Waals surface area contributed by atoms with Gasteiger partial charge in [-0.2, -0.15) is 0 Å². The molecule has 0 aliphatic rings. The Labute approximate surface area is 178 Å². The van der Waals surface area contributed by atoms with Crippen LogP contribution in [0, 0.1) is 6.92 Å². The third-order valence-corrected chi connectivity index (χ3v) is 6.58. The maximum Gasteiger partial charge on any atom is 0.191 e. The molecule has 0 bridgehead atoms. The van der Waals surface area contributed by atoms with E-state index >= 15 is 0 Å². The third kappa shape index (κ3) is 4.21. The van der Waals surface area contributed by atoms with Crippen LogP contribution in [0.25, 0.3) is 22.0 Å². The maximum absolute atomic E-state index is 5.24. The molecule has 0 aliphatic heterocycles. The molecule has 0 radical (unpaired) electrons. The van der Waals surface area contributed by atoms with Crippen molar-refractivity contribution in [2.75, 3.05) is 7.11 Å². The van der Waals surface area contributed by atoms with Gasteiger partial charge in [0.15, 0.2) is 11.0 Å². The standard InChI is InChI=1S/C22H22N4OS2/c1-4-26-20(16-9-11-18(27-3)12-10-16)24-25-22(26)29-14-17-13-28-21(23-17)19-8-6-5-7-15(19)2/h5-13H,4,14H2,1-3H3. The summed E-state index contributed by atoms with van der Waals surface area (Å²) in [6.07, 6.45) is 0. The van der Waals surface area contributed by atoms with Crippen LogP contribution in [0.2, 0.25) is 0 Å². The van der Waals surface area contributed by atoms with Gasteiger partial charge in [-0.1, -0.05) is 36.0 Å².